The van der Waals surface area contributed by atoms with E-state index in [-0.39, 0.29) is 18.4 Å². The number of nitrogens with zero attached hydrogens (tertiary/aromatic N) is 1. The summed E-state index contributed by atoms with van der Waals surface area (Å²) in [6.45, 7) is 4.42. The highest BCUT2D eigenvalue weighted by Crippen LogP contribution is 1.96. The zero-order chi connectivity index (χ0) is 10.3. The third-order valence-electron chi connectivity index (χ3n) is 1.70. The van der Waals surface area contributed by atoms with Crippen molar-refractivity contribution in [1.82, 2.24) is 4.90 Å². The average Bonchev–Trinajstić information content (AvgIpc) is 2.15. The molecule has 0 rings (SSSR count). The van der Waals surface area contributed by atoms with Crippen LogP contribution in [0.3, 0.4) is 0 Å². The van der Waals surface area contributed by atoms with Crippen molar-refractivity contribution < 1.29 is 14.3 Å². The van der Waals surface area contributed by atoms with Crippen molar-refractivity contribution in [3.05, 3.63) is 0 Å². The SMILES string of the molecule is CCCN(CC(=O)OC)C(=O)CC. The predicted molar refractivity (Wildman–Crippen MR) is 49.2 cm³/mol. The maximum absolute atomic E-state index is 11.3. The highest BCUT2D eigenvalue weighted by Gasteiger charge is 2.14. The van der Waals surface area contributed by atoms with Crippen LogP contribution in [-0.4, -0.2) is 37.0 Å². The lowest BCUT2D eigenvalue weighted by Crippen LogP contribution is -2.36. The van der Waals surface area contributed by atoms with Crippen LogP contribution >= 0.6 is 0 Å². The molecule has 0 unspecified atom stereocenters. The van der Waals surface area contributed by atoms with Crippen LogP contribution in [0, 0.1) is 0 Å². The average molecular weight is 187 g/mol. The molecule has 0 atom stereocenters. The van der Waals surface area contributed by atoms with Gasteiger partial charge in [-0.25, -0.2) is 0 Å². The summed E-state index contributed by atoms with van der Waals surface area (Å²) in [6, 6.07) is 0. The van der Waals surface area contributed by atoms with Gasteiger partial charge in [0.15, 0.2) is 0 Å². The van der Waals surface area contributed by atoms with E-state index in [4.69, 9.17) is 0 Å². The highest BCUT2D eigenvalue weighted by molar-refractivity contribution is 5.81. The van der Waals surface area contributed by atoms with E-state index < -0.39 is 0 Å². The van der Waals surface area contributed by atoms with Gasteiger partial charge in [0.05, 0.1) is 7.11 Å². The molecule has 0 aliphatic carbocycles. The molecule has 4 heteroatoms. The fourth-order valence-corrected chi connectivity index (χ4v) is 1.01. The third-order valence-corrected chi connectivity index (χ3v) is 1.70. The Bertz CT molecular complexity index is 180. The van der Waals surface area contributed by atoms with E-state index >= 15 is 0 Å². The molecule has 1 amide bonds. The summed E-state index contributed by atoms with van der Waals surface area (Å²) in [4.78, 5) is 23.7. The minimum Gasteiger partial charge on any atom is -0.468 e. The van der Waals surface area contributed by atoms with E-state index in [0.29, 0.717) is 13.0 Å². The van der Waals surface area contributed by atoms with Gasteiger partial charge in [-0.05, 0) is 6.42 Å². The van der Waals surface area contributed by atoms with E-state index in [9.17, 15) is 9.59 Å². The number of esters is 1. The van der Waals surface area contributed by atoms with Gasteiger partial charge in [0.1, 0.15) is 6.54 Å². The molecule has 0 radical (unpaired) electrons. The van der Waals surface area contributed by atoms with Gasteiger partial charge in [0, 0.05) is 13.0 Å². The van der Waals surface area contributed by atoms with Gasteiger partial charge in [-0.3, -0.25) is 9.59 Å². The second kappa shape index (κ2) is 6.46. The number of hydrogen-bond acceptors (Lipinski definition) is 3. The summed E-state index contributed by atoms with van der Waals surface area (Å²) >= 11 is 0. The molecule has 4 nitrogen and oxygen atoms in total. The van der Waals surface area contributed by atoms with Crippen LogP contribution in [0.25, 0.3) is 0 Å². The molecule has 0 aliphatic rings. The van der Waals surface area contributed by atoms with Gasteiger partial charge in [0.25, 0.3) is 0 Å². The first kappa shape index (κ1) is 11.9. The lowest BCUT2D eigenvalue weighted by molar-refractivity contribution is -0.146. The fourth-order valence-electron chi connectivity index (χ4n) is 1.01. The van der Waals surface area contributed by atoms with Gasteiger partial charge < -0.3 is 9.64 Å². The summed E-state index contributed by atoms with van der Waals surface area (Å²) in [5.41, 5.74) is 0. The summed E-state index contributed by atoms with van der Waals surface area (Å²) in [6.07, 6.45) is 1.28. The second-order valence-electron chi connectivity index (χ2n) is 2.74. The first-order chi connectivity index (χ1) is 6.15. The van der Waals surface area contributed by atoms with Crippen molar-refractivity contribution >= 4 is 11.9 Å². The first-order valence-electron chi connectivity index (χ1n) is 4.50. The number of rotatable bonds is 5. The minimum absolute atomic E-state index is 0.00718. The molecule has 0 aromatic rings. The molecule has 0 saturated carbocycles. The molecule has 0 N–H and O–H groups in total. The Kier molecular flexibility index (Phi) is 5.93. The third kappa shape index (κ3) is 4.50. The van der Waals surface area contributed by atoms with E-state index in [1.807, 2.05) is 6.92 Å². The number of hydrogen-bond donors (Lipinski definition) is 0. The smallest absolute Gasteiger partial charge is 0.325 e. The summed E-state index contributed by atoms with van der Waals surface area (Å²) in [7, 11) is 1.32. The standard InChI is InChI=1S/C9H17NO3/c1-4-6-10(8(11)5-2)7-9(12)13-3/h4-7H2,1-3H3. The van der Waals surface area contributed by atoms with Crippen LogP contribution in [0.1, 0.15) is 26.7 Å². The Labute approximate surface area is 78.9 Å². The van der Waals surface area contributed by atoms with Crippen LogP contribution in [0.2, 0.25) is 0 Å². The number of carbonyl (C=O) groups is 2. The quantitative estimate of drug-likeness (QED) is 0.598. The summed E-state index contributed by atoms with van der Waals surface area (Å²) < 4.78 is 4.49. The maximum atomic E-state index is 11.3. The zero-order valence-electron chi connectivity index (χ0n) is 8.50. The van der Waals surface area contributed by atoms with Crippen LogP contribution in [0.5, 0.6) is 0 Å². The highest BCUT2D eigenvalue weighted by atomic mass is 16.5. The van der Waals surface area contributed by atoms with Gasteiger partial charge in [-0.15, -0.1) is 0 Å². The number of carbonyl (C=O) groups excluding carboxylic acids is 2. The first-order valence-corrected chi connectivity index (χ1v) is 4.50. The molecule has 0 aliphatic heterocycles. The van der Waals surface area contributed by atoms with Gasteiger partial charge in [-0.1, -0.05) is 13.8 Å². The van der Waals surface area contributed by atoms with E-state index in [2.05, 4.69) is 4.74 Å². The lowest BCUT2D eigenvalue weighted by atomic mass is 10.3. The van der Waals surface area contributed by atoms with Crippen LogP contribution in [0.15, 0.2) is 0 Å². The molecule has 0 heterocycles. The fraction of sp³-hybridized carbons (Fsp3) is 0.778. The molecule has 0 aromatic heterocycles. The Morgan fingerprint density at radius 1 is 1.31 bits per heavy atom. The minimum atomic E-state index is -0.366. The van der Waals surface area contributed by atoms with Crippen molar-refractivity contribution in [2.45, 2.75) is 26.7 Å². The number of amides is 1. The van der Waals surface area contributed by atoms with Crippen molar-refractivity contribution in [2.24, 2.45) is 0 Å². The molecule has 13 heavy (non-hydrogen) atoms. The van der Waals surface area contributed by atoms with Gasteiger partial charge in [-0.2, -0.15) is 0 Å². The van der Waals surface area contributed by atoms with Crippen molar-refractivity contribution in [2.75, 3.05) is 20.2 Å². The van der Waals surface area contributed by atoms with Crippen LogP contribution < -0.4 is 0 Å². The molecule has 76 valence electrons. The second-order valence-corrected chi connectivity index (χ2v) is 2.74. The van der Waals surface area contributed by atoms with Crippen molar-refractivity contribution in [3.63, 3.8) is 0 Å². The van der Waals surface area contributed by atoms with E-state index in [1.54, 1.807) is 6.92 Å². The Balaban J connectivity index is 4.08. The van der Waals surface area contributed by atoms with Crippen molar-refractivity contribution in [1.29, 1.82) is 0 Å². The summed E-state index contributed by atoms with van der Waals surface area (Å²) in [5, 5.41) is 0. The van der Waals surface area contributed by atoms with Gasteiger partial charge in [0.2, 0.25) is 5.91 Å². The molecule has 0 fully saturated rings. The largest absolute Gasteiger partial charge is 0.468 e. The Morgan fingerprint density at radius 2 is 1.92 bits per heavy atom. The lowest BCUT2D eigenvalue weighted by Gasteiger charge is -2.19. The Morgan fingerprint density at radius 3 is 2.31 bits per heavy atom. The number of methoxy groups -OCH3 is 1. The molecule has 0 bridgehead atoms. The Hall–Kier alpha value is -1.06. The van der Waals surface area contributed by atoms with E-state index in [0.717, 1.165) is 6.42 Å². The molecule has 0 aromatic carbocycles. The monoisotopic (exact) mass is 187 g/mol. The molecule has 0 spiro atoms. The molecular weight excluding hydrogens is 170 g/mol. The topological polar surface area (TPSA) is 46.6 Å². The van der Waals surface area contributed by atoms with Crippen LogP contribution in [-0.2, 0) is 14.3 Å². The molecule has 0 saturated heterocycles. The predicted octanol–water partition coefficient (Wildman–Crippen LogP) is 0.808. The number of ether oxygens (including phenoxy) is 1. The van der Waals surface area contributed by atoms with E-state index in [1.165, 1.54) is 12.0 Å². The normalized spacial score (nSPS) is 9.46. The zero-order valence-corrected chi connectivity index (χ0v) is 8.50. The van der Waals surface area contributed by atoms with Crippen LogP contribution in [0.4, 0.5) is 0 Å². The molecular formula is C9H17NO3. The van der Waals surface area contributed by atoms with Gasteiger partial charge >= 0.3 is 5.97 Å². The summed E-state index contributed by atoms with van der Waals surface area (Å²) in [5.74, 6) is -0.373. The maximum Gasteiger partial charge on any atom is 0.325 e. The van der Waals surface area contributed by atoms with Crippen molar-refractivity contribution in [3.8, 4) is 0 Å².